The molecule has 0 saturated heterocycles. The molecule has 0 aromatic heterocycles. The molecule has 0 fully saturated rings. The highest BCUT2D eigenvalue weighted by molar-refractivity contribution is 9.10. The molecule has 0 unspecified atom stereocenters. The summed E-state index contributed by atoms with van der Waals surface area (Å²) in [5.74, 6) is -0.404. The zero-order valence-corrected chi connectivity index (χ0v) is 9.34. The van der Waals surface area contributed by atoms with E-state index in [9.17, 15) is 9.18 Å². The number of rotatable bonds is 2. The molecule has 0 spiro atoms. The fourth-order valence-electron chi connectivity index (χ4n) is 0.651. The van der Waals surface area contributed by atoms with Crippen LogP contribution >= 0.6 is 39.5 Å². The third kappa shape index (κ3) is 3.54. The lowest BCUT2D eigenvalue weighted by Crippen LogP contribution is -2.05. The number of halogens is 3. The molecule has 0 saturated carbocycles. The van der Waals surface area contributed by atoms with Crippen molar-refractivity contribution in [2.75, 3.05) is 0 Å². The molecule has 0 atom stereocenters. The summed E-state index contributed by atoms with van der Waals surface area (Å²) in [5.41, 5.74) is 0. The lowest BCUT2D eigenvalue weighted by Gasteiger charge is -2.01. The van der Waals surface area contributed by atoms with Gasteiger partial charge in [-0.1, -0.05) is 15.9 Å². The van der Waals surface area contributed by atoms with Gasteiger partial charge in [0.15, 0.2) is 0 Å². The maximum Gasteiger partial charge on any atom is 0.323 e. The first kappa shape index (κ1) is 10.8. The van der Waals surface area contributed by atoms with Gasteiger partial charge in [0.1, 0.15) is 5.82 Å². The third-order valence-electron chi connectivity index (χ3n) is 1.13. The van der Waals surface area contributed by atoms with E-state index in [0.29, 0.717) is 4.90 Å². The van der Waals surface area contributed by atoms with E-state index in [1.54, 1.807) is 12.1 Å². The molecule has 2 nitrogen and oxygen atoms in total. The van der Waals surface area contributed by atoms with E-state index in [2.05, 4.69) is 20.7 Å². The summed E-state index contributed by atoms with van der Waals surface area (Å²) >= 11 is 9.03. The van der Waals surface area contributed by atoms with Crippen molar-refractivity contribution >= 4 is 44.8 Å². The number of amides is 1. The van der Waals surface area contributed by atoms with Crippen LogP contribution in [0.4, 0.5) is 9.18 Å². The SMILES string of the molecule is O=C(Cl)NSc1cc(Br)ccc1F. The Bertz CT molecular complexity index is 336. The summed E-state index contributed by atoms with van der Waals surface area (Å²) in [4.78, 5) is 10.6. The van der Waals surface area contributed by atoms with Gasteiger partial charge in [0.25, 0.3) is 0 Å². The number of carbonyl (C=O) groups excluding carboxylic acids is 1. The van der Waals surface area contributed by atoms with Crippen LogP contribution in [0.3, 0.4) is 0 Å². The van der Waals surface area contributed by atoms with Gasteiger partial charge in [0.05, 0.1) is 4.90 Å². The van der Waals surface area contributed by atoms with Crippen molar-refractivity contribution in [2.45, 2.75) is 4.90 Å². The molecule has 0 radical (unpaired) electrons. The average Bonchev–Trinajstić information content (AvgIpc) is 2.06. The Balaban J connectivity index is 2.75. The molecule has 1 amide bonds. The number of hydrogen-bond acceptors (Lipinski definition) is 2. The molecule has 1 aromatic carbocycles. The Hall–Kier alpha value is -0.260. The molecule has 6 heteroatoms. The standard InChI is InChI=1S/C7H4BrClFNOS/c8-4-1-2-5(10)6(3-4)13-11-7(9)12/h1-3H,(H,11,12). The van der Waals surface area contributed by atoms with Gasteiger partial charge in [0, 0.05) is 4.47 Å². The smallest absolute Gasteiger partial charge is 0.282 e. The van der Waals surface area contributed by atoms with Crippen molar-refractivity contribution in [3.05, 3.63) is 28.5 Å². The van der Waals surface area contributed by atoms with E-state index in [1.165, 1.54) is 6.07 Å². The maximum absolute atomic E-state index is 13.0. The minimum Gasteiger partial charge on any atom is -0.282 e. The summed E-state index contributed by atoms with van der Waals surface area (Å²) in [6.45, 7) is 0. The van der Waals surface area contributed by atoms with Crippen molar-refractivity contribution in [1.29, 1.82) is 0 Å². The van der Waals surface area contributed by atoms with Gasteiger partial charge in [-0.25, -0.2) is 4.39 Å². The zero-order chi connectivity index (χ0) is 9.84. The number of carbonyl (C=O) groups is 1. The van der Waals surface area contributed by atoms with Crippen LogP contribution < -0.4 is 4.72 Å². The molecule has 0 heterocycles. The van der Waals surface area contributed by atoms with Gasteiger partial charge in [-0.05, 0) is 41.7 Å². The largest absolute Gasteiger partial charge is 0.323 e. The van der Waals surface area contributed by atoms with E-state index in [0.717, 1.165) is 16.4 Å². The quantitative estimate of drug-likeness (QED) is 0.511. The van der Waals surface area contributed by atoms with Crippen molar-refractivity contribution in [1.82, 2.24) is 4.72 Å². The molecular weight excluding hydrogens is 281 g/mol. The highest BCUT2D eigenvalue weighted by atomic mass is 79.9. The second-order valence-corrected chi connectivity index (χ2v) is 4.16. The van der Waals surface area contributed by atoms with Crippen LogP contribution in [-0.2, 0) is 0 Å². The first-order chi connectivity index (χ1) is 6.09. The van der Waals surface area contributed by atoms with Crippen LogP contribution in [0.5, 0.6) is 0 Å². The fourth-order valence-corrected chi connectivity index (χ4v) is 1.82. The summed E-state index contributed by atoms with van der Waals surface area (Å²) in [6, 6.07) is 4.42. The highest BCUT2D eigenvalue weighted by Crippen LogP contribution is 2.23. The minimum atomic E-state index is -0.732. The lowest BCUT2D eigenvalue weighted by molar-refractivity contribution is 0.264. The van der Waals surface area contributed by atoms with Crippen LogP contribution in [-0.4, -0.2) is 5.37 Å². The topological polar surface area (TPSA) is 29.1 Å². The number of benzene rings is 1. The predicted octanol–water partition coefficient (Wildman–Crippen LogP) is 3.54. The van der Waals surface area contributed by atoms with Crippen molar-refractivity contribution < 1.29 is 9.18 Å². The van der Waals surface area contributed by atoms with E-state index in [-0.39, 0.29) is 0 Å². The molecule has 0 bridgehead atoms. The Labute approximate surface area is 92.1 Å². The maximum atomic E-state index is 13.0. The molecule has 13 heavy (non-hydrogen) atoms. The molecule has 1 N–H and O–H groups in total. The van der Waals surface area contributed by atoms with E-state index in [4.69, 9.17) is 11.6 Å². The van der Waals surface area contributed by atoms with E-state index < -0.39 is 11.2 Å². The zero-order valence-electron chi connectivity index (χ0n) is 6.18. The normalized spacial score (nSPS) is 9.77. The van der Waals surface area contributed by atoms with E-state index in [1.807, 2.05) is 0 Å². The van der Waals surface area contributed by atoms with Gasteiger partial charge in [-0.2, -0.15) is 0 Å². The molecule has 70 valence electrons. The van der Waals surface area contributed by atoms with Crippen LogP contribution in [0.15, 0.2) is 27.6 Å². The summed E-state index contributed by atoms with van der Waals surface area (Å²) in [6.07, 6.45) is 0. The third-order valence-corrected chi connectivity index (χ3v) is 2.65. The van der Waals surface area contributed by atoms with Gasteiger partial charge in [0.2, 0.25) is 0 Å². The van der Waals surface area contributed by atoms with Crippen LogP contribution in [0.1, 0.15) is 0 Å². The molecule has 1 aromatic rings. The van der Waals surface area contributed by atoms with Crippen LogP contribution in [0, 0.1) is 5.82 Å². The van der Waals surface area contributed by atoms with Crippen LogP contribution in [0.25, 0.3) is 0 Å². The van der Waals surface area contributed by atoms with Gasteiger partial charge < -0.3 is 0 Å². The second kappa shape index (κ2) is 4.83. The summed E-state index contributed by atoms with van der Waals surface area (Å²) < 4.78 is 15.9. The van der Waals surface area contributed by atoms with Crippen molar-refractivity contribution in [2.24, 2.45) is 0 Å². The lowest BCUT2D eigenvalue weighted by atomic mass is 10.3. The second-order valence-electron chi connectivity index (χ2n) is 2.05. The number of nitrogens with one attached hydrogen (secondary N) is 1. The first-order valence-corrected chi connectivity index (χ1v) is 5.15. The van der Waals surface area contributed by atoms with Gasteiger partial charge in [-0.3, -0.25) is 9.52 Å². The molecule has 0 aliphatic heterocycles. The molecular formula is C7H4BrClFNOS. The van der Waals surface area contributed by atoms with Crippen molar-refractivity contribution in [3.63, 3.8) is 0 Å². The summed E-state index contributed by atoms with van der Waals surface area (Å²) in [7, 11) is 0. The van der Waals surface area contributed by atoms with Gasteiger partial charge >= 0.3 is 5.37 Å². The first-order valence-electron chi connectivity index (χ1n) is 3.17. The molecule has 0 aliphatic carbocycles. The van der Waals surface area contributed by atoms with Crippen molar-refractivity contribution in [3.8, 4) is 0 Å². The molecule has 0 aliphatic rings. The predicted molar refractivity (Wildman–Crippen MR) is 54.3 cm³/mol. The average molecular weight is 285 g/mol. The Morgan fingerprint density at radius 3 is 2.92 bits per heavy atom. The Morgan fingerprint density at radius 2 is 2.31 bits per heavy atom. The monoisotopic (exact) mass is 283 g/mol. The van der Waals surface area contributed by atoms with E-state index >= 15 is 0 Å². The number of hydrogen-bond donors (Lipinski definition) is 1. The van der Waals surface area contributed by atoms with Gasteiger partial charge in [-0.15, -0.1) is 0 Å². The fraction of sp³-hybridized carbons (Fsp3) is 0. The Morgan fingerprint density at radius 1 is 1.62 bits per heavy atom. The molecule has 1 rings (SSSR count). The minimum absolute atomic E-state index is 0.309. The van der Waals surface area contributed by atoms with Crippen LogP contribution in [0.2, 0.25) is 0 Å². The summed E-state index contributed by atoms with van der Waals surface area (Å²) in [5, 5.41) is -0.732. The highest BCUT2D eigenvalue weighted by Gasteiger charge is 2.04. The Kier molecular flexibility index (Phi) is 4.02.